The molecule has 0 atom stereocenters. The van der Waals surface area contributed by atoms with Crippen LogP contribution in [-0.4, -0.2) is 24.9 Å². The number of aliphatic carboxylic acids is 1. The predicted octanol–water partition coefficient (Wildman–Crippen LogP) is 10.3. The summed E-state index contributed by atoms with van der Waals surface area (Å²) in [5, 5.41) is 11.7. The number of carbonyl (C=O) groups excluding carboxylic acids is 2. The maximum Gasteiger partial charge on any atom is 1.00 e. The van der Waals surface area contributed by atoms with Crippen LogP contribution in [0, 0.1) is 5.41 Å². The standard InChI is InChI=1S/C44H86O7S.Li/c1-3-5-7-9-11-13-15-17-19-21-23-25-27-29-31-33-35-37-39-44(41-42(45)46,43(47)51-52(48,49)50)40-38-36-34-32-30-28-26-24-22-20-18-16-14-12-10-8-6-4-2;/h3-41H2,1-2H3,(H,45,46)(H,48,49,50);/q;+1/p-1. The van der Waals surface area contributed by atoms with Crippen molar-refractivity contribution in [3.8, 4) is 0 Å². The largest absolute Gasteiger partial charge is 1.00 e. The van der Waals surface area contributed by atoms with E-state index in [0.717, 1.165) is 38.5 Å². The Morgan fingerprint density at radius 3 is 0.849 bits per heavy atom. The van der Waals surface area contributed by atoms with Gasteiger partial charge in [0.2, 0.25) is 0 Å². The SMILES string of the molecule is CCCCCCCCCCCCCCCCCCCCC(CCCCCCCCCCCCCCCCCCCC)(CC(=O)[O-])C(=O)OS(=O)(=O)O.[Li+]. The maximum absolute atomic E-state index is 13.0. The Bertz CT molecular complexity index is 871. The minimum atomic E-state index is -5.03. The smallest absolute Gasteiger partial charge is 0.550 e. The van der Waals surface area contributed by atoms with Gasteiger partial charge in [-0.1, -0.05) is 245 Å². The Labute approximate surface area is 341 Å². The molecule has 0 unspecified atom stereocenters. The molecular weight excluding hydrogens is 679 g/mol. The van der Waals surface area contributed by atoms with Crippen molar-refractivity contribution in [3.63, 3.8) is 0 Å². The van der Waals surface area contributed by atoms with Crippen LogP contribution in [0.15, 0.2) is 0 Å². The van der Waals surface area contributed by atoms with Crippen molar-refractivity contribution in [2.24, 2.45) is 5.41 Å². The summed E-state index contributed by atoms with van der Waals surface area (Å²) >= 11 is 0. The molecule has 0 saturated heterocycles. The molecule has 0 aromatic heterocycles. The van der Waals surface area contributed by atoms with Crippen molar-refractivity contribution < 1.29 is 50.7 Å². The van der Waals surface area contributed by atoms with Gasteiger partial charge in [-0.2, -0.15) is 8.42 Å². The fourth-order valence-electron chi connectivity index (χ4n) is 7.77. The first-order valence-corrected chi connectivity index (χ1v) is 23.9. The topological polar surface area (TPSA) is 121 Å². The van der Waals surface area contributed by atoms with Crippen LogP contribution in [0.5, 0.6) is 0 Å². The Hall–Kier alpha value is -0.553. The van der Waals surface area contributed by atoms with E-state index >= 15 is 0 Å². The summed E-state index contributed by atoms with van der Waals surface area (Å²) < 4.78 is 36.4. The van der Waals surface area contributed by atoms with Crippen molar-refractivity contribution in [1.29, 1.82) is 0 Å². The molecular formula is C44H85LiO7S. The van der Waals surface area contributed by atoms with E-state index in [-0.39, 0.29) is 31.7 Å². The third kappa shape index (κ3) is 38.1. The fraction of sp³-hybridized carbons (Fsp3) is 0.955. The number of carboxylic acid groups (broad SMARTS) is 1. The van der Waals surface area contributed by atoms with Crippen LogP contribution in [0.4, 0.5) is 0 Å². The van der Waals surface area contributed by atoms with Gasteiger partial charge in [0, 0.05) is 12.4 Å². The van der Waals surface area contributed by atoms with E-state index in [1.807, 2.05) is 0 Å². The zero-order chi connectivity index (χ0) is 38.4. The monoisotopic (exact) mass is 765 g/mol. The van der Waals surface area contributed by atoms with Gasteiger partial charge in [0.1, 0.15) is 0 Å². The minimum absolute atomic E-state index is 0. The van der Waals surface area contributed by atoms with E-state index in [0.29, 0.717) is 12.8 Å². The molecule has 0 amide bonds. The van der Waals surface area contributed by atoms with Gasteiger partial charge in [0.15, 0.2) is 0 Å². The molecule has 0 heterocycles. The molecule has 0 aliphatic rings. The van der Waals surface area contributed by atoms with Crippen molar-refractivity contribution in [3.05, 3.63) is 0 Å². The van der Waals surface area contributed by atoms with Gasteiger partial charge in [-0.05, 0) is 12.8 Å². The minimum Gasteiger partial charge on any atom is -0.550 e. The van der Waals surface area contributed by atoms with Crippen LogP contribution in [0.3, 0.4) is 0 Å². The van der Waals surface area contributed by atoms with Crippen molar-refractivity contribution in [2.75, 3.05) is 0 Å². The van der Waals surface area contributed by atoms with Gasteiger partial charge >= 0.3 is 35.2 Å². The summed E-state index contributed by atoms with van der Waals surface area (Å²) in [6.07, 6.45) is 44.2. The molecule has 0 aromatic rings. The van der Waals surface area contributed by atoms with E-state index in [9.17, 15) is 27.7 Å². The number of hydrogen-bond acceptors (Lipinski definition) is 6. The molecule has 310 valence electrons. The predicted molar refractivity (Wildman–Crippen MR) is 216 cm³/mol. The van der Waals surface area contributed by atoms with Gasteiger partial charge < -0.3 is 14.1 Å². The summed E-state index contributed by atoms with van der Waals surface area (Å²) in [6, 6.07) is 0. The summed E-state index contributed by atoms with van der Waals surface area (Å²) in [7, 11) is -5.03. The molecule has 0 spiro atoms. The van der Waals surface area contributed by atoms with E-state index in [4.69, 9.17) is 0 Å². The average Bonchev–Trinajstić information content (AvgIpc) is 3.09. The zero-order valence-corrected chi connectivity index (χ0v) is 36.2. The Balaban J connectivity index is 0. The normalized spacial score (nSPS) is 11.8. The first-order valence-electron chi connectivity index (χ1n) is 22.6. The fourth-order valence-corrected chi connectivity index (χ4v) is 8.14. The first-order chi connectivity index (χ1) is 25.2. The van der Waals surface area contributed by atoms with Crippen LogP contribution >= 0.6 is 0 Å². The van der Waals surface area contributed by atoms with Gasteiger partial charge in [0.25, 0.3) is 0 Å². The summed E-state index contributed by atoms with van der Waals surface area (Å²) in [5.74, 6) is -2.57. The second-order valence-electron chi connectivity index (χ2n) is 16.1. The molecule has 7 nitrogen and oxygen atoms in total. The molecule has 0 aliphatic heterocycles. The second-order valence-corrected chi connectivity index (χ2v) is 17.2. The quantitative estimate of drug-likeness (QED) is 0.0373. The molecule has 0 bridgehead atoms. The maximum atomic E-state index is 13.0. The third-order valence-electron chi connectivity index (χ3n) is 11.1. The van der Waals surface area contributed by atoms with Crippen molar-refractivity contribution in [2.45, 2.75) is 264 Å². The first kappa shape index (κ1) is 54.5. The van der Waals surface area contributed by atoms with E-state index in [1.165, 1.54) is 180 Å². The molecule has 0 aliphatic carbocycles. The molecule has 0 rings (SSSR count). The molecule has 1 N–H and O–H groups in total. The molecule has 53 heavy (non-hydrogen) atoms. The Morgan fingerprint density at radius 1 is 0.453 bits per heavy atom. The Morgan fingerprint density at radius 2 is 0.660 bits per heavy atom. The van der Waals surface area contributed by atoms with Gasteiger partial charge in [-0.25, -0.2) is 0 Å². The zero-order valence-electron chi connectivity index (χ0n) is 35.4. The molecule has 0 radical (unpaired) electrons. The summed E-state index contributed by atoms with van der Waals surface area (Å²) in [6.45, 7) is 4.53. The number of carbonyl (C=O) groups is 2. The number of rotatable bonds is 42. The molecule has 0 aromatic carbocycles. The number of unbranched alkanes of at least 4 members (excludes halogenated alkanes) is 34. The van der Waals surface area contributed by atoms with Gasteiger partial charge in [-0.15, -0.1) is 0 Å². The van der Waals surface area contributed by atoms with E-state index in [2.05, 4.69) is 18.0 Å². The Kier molecular flexibility index (Phi) is 40.8. The summed E-state index contributed by atoms with van der Waals surface area (Å²) in [4.78, 5) is 24.7. The van der Waals surface area contributed by atoms with Crippen LogP contribution in [-0.2, 0) is 24.2 Å². The van der Waals surface area contributed by atoms with Gasteiger partial charge in [-0.3, -0.25) is 9.35 Å². The number of hydrogen-bond donors (Lipinski definition) is 1. The van der Waals surface area contributed by atoms with Crippen molar-refractivity contribution >= 4 is 22.3 Å². The second kappa shape index (κ2) is 39.7. The third-order valence-corrected chi connectivity index (χ3v) is 11.5. The molecule has 0 saturated carbocycles. The van der Waals surface area contributed by atoms with Crippen LogP contribution in [0.25, 0.3) is 0 Å². The van der Waals surface area contributed by atoms with E-state index < -0.39 is 34.2 Å². The molecule has 0 fully saturated rings. The molecule has 9 heteroatoms. The van der Waals surface area contributed by atoms with Crippen LogP contribution < -0.4 is 24.0 Å². The average molecular weight is 765 g/mol. The van der Waals surface area contributed by atoms with Crippen LogP contribution in [0.2, 0.25) is 0 Å². The summed E-state index contributed by atoms with van der Waals surface area (Å²) in [5.41, 5.74) is -1.50. The van der Waals surface area contributed by atoms with Crippen LogP contribution in [0.1, 0.15) is 264 Å². The van der Waals surface area contributed by atoms with E-state index in [1.54, 1.807) is 0 Å². The van der Waals surface area contributed by atoms with Gasteiger partial charge in [0.05, 0.1) is 5.41 Å². The van der Waals surface area contributed by atoms with Crippen molar-refractivity contribution in [1.82, 2.24) is 0 Å². The number of carboxylic acids is 1.